The molecular weight excluding hydrogens is 538 g/mol. The predicted octanol–water partition coefficient (Wildman–Crippen LogP) is 8.35. The standard InChI is InChI=1S/C39H29N5/c1-2-9-27(10-3-1)35-25-44-22-20-32-37(39(44)42-35)31-13-4-5-14-33(31)41-38(32)30-12-8-11-29(23-30)26-16-18-28(19-17-26)34-24-43-21-7-6-15-36(43)40-34/h1-25,38-39,41-42H. The number of anilines is 1. The van der Waals surface area contributed by atoms with Gasteiger partial charge in [-0.05, 0) is 58.2 Å². The highest BCUT2D eigenvalue weighted by Crippen LogP contribution is 2.46. The van der Waals surface area contributed by atoms with Crippen LogP contribution in [0.5, 0.6) is 0 Å². The Kier molecular flexibility index (Phi) is 5.56. The fourth-order valence-corrected chi connectivity index (χ4v) is 6.72. The van der Waals surface area contributed by atoms with Gasteiger partial charge in [-0.1, -0.05) is 97.1 Å². The van der Waals surface area contributed by atoms with E-state index in [2.05, 4.69) is 148 Å². The molecule has 0 saturated heterocycles. The summed E-state index contributed by atoms with van der Waals surface area (Å²) in [6.07, 6.45) is 10.9. The van der Waals surface area contributed by atoms with Gasteiger partial charge in [0, 0.05) is 47.2 Å². The SMILES string of the molecule is C1=CN2C=C(c3ccccc3)NC2C2=C1C(c1cccc(-c3ccc(-c4cn5ccccc5n4)cc3)c1)Nc1ccccc12. The maximum Gasteiger partial charge on any atom is 0.137 e. The van der Waals surface area contributed by atoms with E-state index in [1.807, 2.05) is 24.4 Å². The first-order valence-electron chi connectivity index (χ1n) is 15.0. The summed E-state index contributed by atoms with van der Waals surface area (Å²) in [4.78, 5) is 7.09. The van der Waals surface area contributed by atoms with Gasteiger partial charge in [-0.25, -0.2) is 4.98 Å². The molecule has 2 aromatic heterocycles. The quantitative estimate of drug-likeness (QED) is 0.225. The zero-order valence-corrected chi connectivity index (χ0v) is 23.9. The smallest absolute Gasteiger partial charge is 0.137 e. The Morgan fingerprint density at radius 1 is 0.659 bits per heavy atom. The van der Waals surface area contributed by atoms with Crippen molar-refractivity contribution in [3.63, 3.8) is 0 Å². The topological polar surface area (TPSA) is 44.6 Å². The van der Waals surface area contributed by atoms with E-state index < -0.39 is 0 Å². The van der Waals surface area contributed by atoms with Gasteiger partial charge in [0.2, 0.25) is 0 Å². The number of benzene rings is 4. The number of nitrogens with one attached hydrogen (secondary N) is 2. The normalized spacial score (nSPS) is 18.3. The van der Waals surface area contributed by atoms with Crippen LogP contribution in [0.25, 0.3) is 39.3 Å². The predicted molar refractivity (Wildman–Crippen MR) is 178 cm³/mol. The molecule has 2 atom stereocenters. The Morgan fingerprint density at radius 2 is 1.45 bits per heavy atom. The Bertz CT molecular complexity index is 2100. The first kappa shape index (κ1) is 24.8. The molecule has 5 heterocycles. The van der Waals surface area contributed by atoms with Crippen molar-refractivity contribution in [1.82, 2.24) is 19.6 Å². The van der Waals surface area contributed by atoms with E-state index in [1.165, 1.54) is 39.0 Å². The van der Waals surface area contributed by atoms with E-state index in [1.54, 1.807) is 0 Å². The van der Waals surface area contributed by atoms with Crippen molar-refractivity contribution in [2.45, 2.75) is 12.2 Å². The van der Waals surface area contributed by atoms with Crippen molar-refractivity contribution in [1.29, 1.82) is 0 Å². The zero-order valence-electron chi connectivity index (χ0n) is 23.9. The molecule has 6 aromatic rings. The van der Waals surface area contributed by atoms with Crippen molar-refractivity contribution >= 4 is 22.6 Å². The summed E-state index contributed by atoms with van der Waals surface area (Å²) < 4.78 is 2.06. The Hall–Kier alpha value is -5.81. The first-order valence-corrected chi connectivity index (χ1v) is 15.0. The molecule has 44 heavy (non-hydrogen) atoms. The summed E-state index contributed by atoms with van der Waals surface area (Å²) in [5.41, 5.74) is 14.0. The zero-order chi connectivity index (χ0) is 29.0. The molecular formula is C39H29N5. The third-order valence-electron chi connectivity index (χ3n) is 8.89. The highest BCUT2D eigenvalue weighted by molar-refractivity contribution is 5.89. The van der Waals surface area contributed by atoms with Crippen molar-refractivity contribution in [3.05, 3.63) is 174 Å². The number of fused-ring (bicyclic) bond motifs is 5. The summed E-state index contributed by atoms with van der Waals surface area (Å²) in [5.74, 6) is 0. The van der Waals surface area contributed by atoms with E-state index in [9.17, 15) is 0 Å². The molecule has 3 aliphatic heterocycles. The largest absolute Gasteiger partial charge is 0.374 e. The van der Waals surface area contributed by atoms with Crippen LogP contribution in [0.2, 0.25) is 0 Å². The molecule has 2 N–H and O–H groups in total. The minimum atomic E-state index is 0.0260. The van der Waals surface area contributed by atoms with Crippen LogP contribution < -0.4 is 10.6 Å². The highest BCUT2D eigenvalue weighted by atomic mass is 15.3. The molecule has 210 valence electrons. The number of nitrogens with zero attached hydrogens (tertiary/aromatic N) is 3. The van der Waals surface area contributed by atoms with Crippen LogP contribution in [0.15, 0.2) is 158 Å². The van der Waals surface area contributed by atoms with Crippen LogP contribution in [-0.2, 0) is 0 Å². The van der Waals surface area contributed by atoms with Crippen LogP contribution in [0.1, 0.15) is 22.7 Å². The molecule has 2 unspecified atom stereocenters. The van der Waals surface area contributed by atoms with Gasteiger partial charge in [0.05, 0.1) is 17.4 Å². The fraction of sp³-hybridized carbons (Fsp3) is 0.0513. The van der Waals surface area contributed by atoms with Crippen molar-refractivity contribution in [2.75, 3.05) is 5.32 Å². The number of imidazole rings is 1. The molecule has 0 radical (unpaired) electrons. The third kappa shape index (κ3) is 4.05. The second-order valence-corrected chi connectivity index (χ2v) is 11.5. The van der Waals surface area contributed by atoms with Gasteiger partial charge in [-0.2, -0.15) is 0 Å². The molecule has 0 spiro atoms. The molecule has 0 saturated carbocycles. The van der Waals surface area contributed by atoms with Crippen LogP contribution >= 0.6 is 0 Å². The number of pyridine rings is 1. The second kappa shape index (κ2) is 9.89. The lowest BCUT2D eigenvalue weighted by Crippen LogP contribution is -2.39. The van der Waals surface area contributed by atoms with Gasteiger partial charge in [0.15, 0.2) is 0 Å². The molecule has 0 aliphatic carbocycles. The molecule has 0 bridgehead atoms. The van der Waals surface area contributed by atoms with Gasteiger partial charge in [-0.15, -0.1) is 0 Å². The number of rotatable bonds is 4. The van der Waals surface area contributed by atoms with E-state index in [0.717, 1.165) is 28.3 Å². The number of hydrogen-bond acceptors (Lipinski definition) is 4. The second-order valence-electron chi connectivity index (χ2n) is 11.5. The molecule has 5 nitrogen and oxygen atoms in total. The van der Waals surface area contributed by atoms with Crippen molar-refractivity contribution < 1.29 is 0 Å². The molecule has 4 aromatic carbocycles. The third-order valence-corrected chi connectivity index (χ3v) is 8.89. The van der Waals surface area contributed by atoms with Crippen molar-refractivity contribution in [3.8, 4) is 22.4 Å². The lowest BCUT2D eigenvalue weighted by molar-refractivity contribution is 0.434. The van der Waals surface area contributed by atoms with Gasteiger partial charge < -0.3 is 19.9 Å². The lowest BCUT2D eigenvalue weighted by atomic mass is 9.83. The van der Waals surface area contributed by atoms with Crippen LogP contribution in [-0.4, -0.2) is 20.5 Å². The van der Waals surface area contributed by atoms with E-state index in [-0.39, 0.29) is 12.2 Å². The average Bonchev–Trinajstić information content (AvgIpc) is 3.73. The average molecular weight is 568 g/mol. The Balaban J connectivity index is 1.06. The van der Waals surface area contributed by atoms with Crippen LogP contribution in [0.3, 0.4) is 0 Å². The Labute approximate surface area is 256 Å². The van der Waals surface area contributed by atoms with Crippen LogP contribution in [0, 0.1) is 0 Å². The van der Waals surface area contributed by atoms with Gasteiger partial charge in [-0.3, -0.25) is 0 Å². The fourth-order valence-electron chi connectivity index (χ4n) is 6.72. The minimum Gasteiger partial charge on any atom is -0.374 e. The molecule has 0 fully saturated rings. The maximum absolute atomic E-state index is 4.79. The van der Waals surface area contributed by atoms with E-state index >= 15 is 0 Å². The lowest BCUT2D eigenvalue weighted by Gasteiger charge is -2.38. The van der Waals surface area contributed by atoms with Crippen molar-refractivity contribution in [2.24, 2.45) is 0 Å². The van der Waals surface area contributed by atoms with Gasteiger partial charge in [0.25, 0.3) is 0 Å². The summed E-state index contributed by atoms with van der Waals surface area (Å²) in [7, 11) is 0. The summed E-state index contributed by atoms with van der Waals surface area (Å²) in [5, 5.41) is 7.70. The van der Waals surface area contributed by atoms with Crippen LogP contribution in [0.4, 0.5) is 5.69 Å². The Morgan fingerprint density at radius 3 is 2.34 bits per heavy atom. The monoisotopic (exact) mass is 567 g/mol. The number of para-hydroxylation sites is 1. The highest BCUT2D eigenvalue weighted by Gasteiger charge is 2.37. The number of hydrogen-bond donors (Lipinski definition) is 2. The minimum absolute atomic E-state index is 0.0260. The first-order chi connectivity index (χ1) is 21.8. The number of aromatic nitrogens is 2. The molecule has 3 aliphatic rings. The molecule has 0 amide bonds. The summed E-state index contributed by atoms with van der Waals surface area (Å²) in [6.45, 7) is 0. The molecule has 5 heteroatoms. The summed E-state index contributed by atoms with van der Waals surface area (Å²) >= 11 is 0. The van der Waals surface area contributed by atoms with E-state index in [0.29, 0.717) is 0 Å². The van der Waals surface area contributed by atoms with E-state index in [4.69, 9.17) is 4.98 Å². The molecule has 9 rings (SSSR count). The summed E-state index contributed by atoms with van der Waals surface area (Å²) in [6, 6.07) is 43.0. The van der Waals surface area contributed by atoms with Gasteiger partial charge >= 0.3 is 0 Å². The maximum atomic E-state index is 4.79. The van der Waals surface area contributed by atoms with Gasteiger partial charge in [0.1, 0.15) is 11.8 Å².